The Labute approximate surface area is 150 Å². The number of hydrogen-bond donors (Lipinski definition) is 1. The molecule has 0 aliphatic rings. The van der Waals surface area contributed by atoms with Crippen molar-refractivity contribution in [2.24, 2.45) is 5.41 Å². The van der Waals surface area contributed by atoms with Crippen LogP contribution < -0.4 is 5.32 Å². The topological polar surface area (TPSA) is 12.0 Å². The second-order valence-electron chi connectivity index (χ2n) is 11.3. The zero-order valence-electron chi connectivity index (χ0n) is 18.4. The molecule has 0 aliphatic carbocycles. The fraction of sp³-hybridized carbons (Fsp3) is 1.00. The van der Waals surface area contributed by atoms with Gasteiger partial charge in [0, 0.05) is 0 Å². The zero-order valence-corrected chi connectivity index (χ0v) is 20.2. The molecule has 23 heavy (non-hydrogen) atoms. The molecule has 0 fully saturated rings. The summed E-state index contributed by atoms with van der Waals surface area (Å²) < 4.78 is 0. The summed E-state index contributed by atoms with van der Waals surface area (Å²) in [5.41, 5.74) is 1.32. The van der Waals surface area contributed by atoms with Gasteiger partial charge in [-0.2, -0.15) is 0 Å². The Kier molecular flexibility index (Phi) is 8.77. The maximum atomic E-state index is 3.77. The van der Waals surface area contributed by atoms with Crippen molar-refractivity contribution >= 4 is 15.2 Å². The van der Waals surface area contributed by atoms with Crippen LogP contribution in [0, 0.1) is 5.41 Å². The van der Waals surface area contributed by atoms with E-state index in [1.54, 1.807) is 0 Å². The first-order chi connectivity index (χ1) is 9.97. The van der Waals surface area contributed by atoms with Gasteiger partial charge in [0.1, 0.15) is 0 Å². The number of rotatable bonds is 7. The second kappa shape index (κ2) is 8.47. The van der Waals surface area contributed by atoms with Gasteiger partial charge in [0.25, 0.3) is 0 Å². The molecule has 0 aromatic carbocycles. The van der Waals surface area contributed by atoms with Crippen molar-refractivity contribution in [3.8, 4) is 0 Å². The van der Waals surface area contributed by atoms with Crippen LogP contribution in [0.15, 0.2) is 0 Å². The third kappa shape index (κ3) is 9.18. The van der Waals surface area contributed by atoms with E-state index in [4.69, 9.17) is 0 Å². The average molecular weight is 364 g/mol. The third-order valence-corrected chi connectivity index (χ3v) is 12.0. The second-order valence-corrected chi connectivity index (χ2v) is 20.7. The van der Waals surface area contributed by atoms with Gasteiger partial charge < -0.3 is 0 Å². The summed E-state index contributed by atoms with van der Waals surface area (Å²) in [4.78, 5) is 0. The molecule has 0 saturated carbocycles. The fourth-order valence-electron chi connectivity index (χ4n) is 4.40. The van der Waals surface area contributed by atoms with Crippen LogP contribution in [0.2, 0.25) is 0 Å². The van der Waals surface area contributed by atoms with Crippen LogP contribution >= 0.6 is 15.2 Å². The van der Waals surface area contributed by atoms with Crippen LogP contribution in [0.1, 0.15) is 68.7 Å². The molecule has 0 bridgehead atoms. The zero-order chi connectivity index (χ0) is 18.7. The third-order valence-electron chi connectivity index (χ3n) is 4.83. The van der Waals surface area contributed by atoms with Gasteiger partial charge in [-0.15, -0.1) is 0 Å². The molecule has 0 aliphatic heterocycles. The van der Waals surface area contributed by atoms with Crippen LogP contribution in [0.3, 0.4) is 0 Å². The molecule has 0 radical (unpaired) electrons. The first kappa shape index (κ1) is 23.8. The van der Waals surface area contributed by atoms with Gasteiger partial charge in [0.05, 0.1) is 0 Å². The van der Waals surface area contributed by atoms with Crippen LogP contribution in [0.4, 0.5) is 0 Å². The summed E-state index contributed by atoms with van der Waals surface area (Å²) in [5, 5.41) is 4.67. The van der Waals surface area contributed by atoms with Gasteiger partial charge in [-0.25, -0.2) is 0 Å². The maximum absolute atomic E-state index is 3.77. The van der Waals surface area contributed by atoms with Crippen LogP contribution in [0.5, 0.6) is 0 Å². The van der Waals surface area contributed by atoms with Crippen molar-refractivity contribution in [1.82, 2.24) is 5.32 Å². The summed E-state index contributed by atoms with van der Waals surface area (Å²) in [6.45, 7) is 31.8. The molecule has 1 unspecified atom stereocenters. The molecule has 0 rings (SSSR count). The van der Waals surface area contributed by atoms with Gasteiger partial charge in [-0.1, -0.05) is 0 Å². The summed E-state index contributed by atoms with van der Waals surface area (Å²) >= 11 is 0. The van der Waals surface area contributed by atoms with Gasteiger partial charge in [0.2, 0.25) is 0 Å². The number of nitrogens with one attached hydrogen (secondary N) is 1. The van der Waals surface area contributed by atoms with E-state index in [1.165, 1.54) is 25.7 Å². The predicted octanol–water partition coefficient (Wildman–Crippen LogP) is 6.10. The van der Waals surface area contributed by atoms with Crippen LogP contribution in [-0.2, 0) is 0 Å². The molecule has 1 atom stereocenters. The molecular formula is C20H47NP2. The normalized spacial score (nSPS) is 16.7. The summed E-state index contributed by atoms with van der Waals surface area (Å²) in [5.74, 6) is 0. The first-order valence-corrected chi connectivity index (χ1v) is 14.6. The van der Waals surface area contributed by atoms with Crippen molar-refractivity contribution in [1.29, 1.82) is 0 Å². The molecule has 3 heteroatoms. The van der Waals surface area contributed by atoms with E-state index in [0.29, 0.717) is 15.7 Å². The standard InChI is InChI=1S/C20H47NP2/c1-18(2,3)17(23(10,11)12)13-14-21-15-16-22(19(4,5)6)20(7,8)9/h17,21,23H,13-16H2,1-12H3. The van der Waals surface area contributed by atoms with Crippen molar-refractivity contribution in [2.75, 3.05) is 39.2 Å². The molecule has 0 heterocycles. The molecule has 0 amide bonds. The van der Waals surface area contributed by atoms with Crippen LogP contribution in [0.25, 0.3) is 0 Å². The molecule has 1 nitrogen and oxygen atoms in total. The first-order valence-electron chi connectivity index (χ1n) is 9.46. The van der Waals surface area contributed by atoms with E-state index in [1.807, 2.05) is 0 Å². The molecule has 0 saturated heterocycles. The van der Waals surface area contributed by atoms with Gasteiger partial charge >= 0.3 is 150 Å². The Balaban J connectivity index is 4.46. The fourth-order valence-corrected chi connectivity index (χ4v) is 11.7. The minimum absolute atomic E-state index is 0.0263. The Hall–Kier alpha value is 0.820. The summed E-state index contributed by atoms with van der Waals surface area (Å²) in [6.07, 6.45) is 2.68. The van der Waals surface area contributed by atoms with E-state index in [9.17, 15) is 0 Å². The van der Waals surface area contributed by atoms with Crippen molar-refractivity contribution in [2.45, 2.75) is 84.7 Å². The summed E-state index contributed by atoms with van der Waals surface area (Å²) in [6, 6.07) is 0. The average Bonchev–Trinajstić information content (AvgIpc) is 2.19. The molecular weight excluding hydrogens is 316 g/mol. The molecule has 0 aromatic rings. The van der Waals surface area contributed by atoms with E-state index in [2.05, 4.69) is 87.6 Å². The number of hydrogen-bond acceptors (Lipinski definition) is 1. The van der Waals surface area contributed by atoms with Crippen molar-refractivity contribution in [3.05, 3.63) is 0 Å². The van der Waals surface area contributed by atoms with E-state index in [-0.39, 0.29) is 7.92 Å². The minimum atomic E-state index is -1.10. The van der Waals surface area contributed by atoms with Gasteiger partial charge in [-0.3, -0.25) is 0 Å². The Morgan fingerprint density at radius 2 is 1.22 bits per heavy atom. The van der Waals surface area contributed by atoms with E-state index < -0.39 is 7.26 Å². The predicted molar refractivity (Wildman–Crippen MR) is 118 cm³/mol. The quantitative estimate of drug-likeness (QED) is 0.426. The Morgan fingerprint density at radius 1 is 0.783 bits per heavy atom. The summed E-state index contributed by atoms with van der Waals surface area (Å²) in [7, 11) is -1.07. The van der Waals surface area contributed by atoms with Gasteiger partial charge in [0.15, 0.2) is 0 Å². The van der Waals surface area contributed by atoms with Crippen LogP contribution in [-0.4, -0.2) is 55.2 Å². The monoisotopic (exact) mass is 363 g/mol. The Morgan fingerprint density at radius 3 is 1.52 bits per heavy atom. The van der Waals surface area contributed by atoms with Crippen molar-refractivity contribution < 1.29 is 0 Å². The Bertz CT molecular complexity index is 275. The van der Waals surface area contributed by atoms with Crippen molar-refractivity contribution in [3.63, 3.8) is 0 Å². The molecule has 142 valence electrons. The van der Waals surface area contributed by atoms with E-state index in [0.717, 1.165) is 5.66 Å². The van der Waals surface area contributed by atoms with Gasteiger partial charge in [-0.05, 0) is 0 Å². The van der Waals surface area contributed by atoms with E-state index >= 15 is 0 Å². The SMILES string of the molecule is CC(C)(C)C(CCNCCP(C(C)(C)C)C(C)(C)C)[PH](C)(C)C. The molecule has 0 aromatic heterocycles. The molecule has 0 spiro atoms. The molecule has 1 N–H and O–H groups in total.